The molecule has 0 aliphatic heterocycles. The number of carboxylic acid groups (broad SMARTS) is 3. The molecule has 0 saturated carbocycles. The van der Waals surface area contributed by atoms with E-state index in [4.69, 9.17) is 10.2 Å². The number of nitrogens with zero attached hydrogens (tertiary/aromatic N) is 7. The topological polar surface area (TPSA) is 175 Å². The summed E-state index contributed by atoms with van der Waals surface area (Å²) >= 11 is 0. The number of aromatic nitrogens is 3. The number of amidine groups is 1. The molecule has 3 aromatic rings. The summed E-state index contributed by atoms with van der Waals surface area (Å²) in [4.78, 5) is 33.7. The van der Waals surface area contributed by atoms with Crippen LogP contribution in [-0.4, -0.2) is 54.9 Å². The molecule has 0 radical (unpaired) electrons. The predicted octanol–water partition coefficient (Wildman–Crippen LogP) is 1.62. The molecule has 0 fully saturated rings. The summed E-state index contributed by atoms with van der Waals surface area (Å²) in [5, 5.41) is 44.0. The third kappa shape index (κ3) is 7.02. The van der Waals surface area contributed by atoms with Gasteiger partial charge in [0.15, 0.2) is 5.49 Å². The van der Waals surface area contributed by atoms with Crippen LogP contribution in [0, 0.1) is 0 Å². The second-order valence-electron chi connectivity index (χ2n) is 7.11. The molecule has 0 amide bonds. The van der Waals surface area contributed by atoms with Crippen molar-refractivity contribution in [2.45, 2.75) is 19.0 Å². The molecule has 0 aliphatic carbocycles. The van der Waals surface area contributed by atoms with Crippen LogP contribution in [0.2, 0.25) is 0 Å². The quantitative estimate of drug-likeness (QED) is 0.138. The minimum absolute atomic E-state index is 0.0932. The van der Waals surface area contributed by atoms with E-state index in [0.717, 1.165) is 10.9 Å². The summed E-state index contributed by atoms with van der Waals surface area (Å²) in [7, 11) is 0. The monoisotopic (exact) mass is 480 g/mol. The largest absolute Gasteiger partial charge is 0.509 e. The number of aryl methyl sites for hydroxylation is 1. The lowest BCUT2D eigenvalue weighted by Gasteiger charge is -2.05. The molecule has 35 heavy (non-hydrogen) atoms. The smallest absolute Gasteiger partial charge is 0.481 e. The molecule has 3 rings (SSSR count). The van der Waals surface area contributed by atoms with Gasteiger partial charge in [-0.3, -0.25) is 4.79 Å². The van der Waals surface area contributed by atoms with E-state index in [-0.39, 0.29) is 25.3 Å². The zero-order valence-electron chi connectivity index (χ0n) is 18.3. The van der Waals surface area contributed by atoms with Crippen LogP contribution in [0.15, 0.2) is 93.9 Å². The number of carboxylic acids is 2. The SMILES string of the molecule is O=C(O)CCn1ccccc1=NN=C(N=NCC(C(=O)O)[n+]1ccn(C(=O)O)c1)c1ccccc1. The Morgan fingerprint density at radius 3 is 2.37 bits per heavy atom. The molecule has 0 spiro atoms. The van der Waals surface area contributed by atoms with E-state index < -0.39 is 24.1 Å². The highest BCUT2D eigenvalue weighted by atomic mass is 16.4. The van der Waals surface area contributed by atoms with Crippen LogP contribution in [0.1, 0.15) is 18.0 Å². The molecule has 1 unspecified atom stereocenters. The fourth-order valence-corrected chi connectivity index (χ4v) is 2.94. The van der Waals surface area contributed by atoms with Gasteiger partial charge < -0.3 is 19.9 Å². The van der Waals surface area contributed by atoms with Crippen molar-refractivity contribution in [3.8, 4) is 0 Å². The lowest BCUT2D eigenvalue weighted by Crippen LogP contribution is -2.44. The molecular formula is C22H22N7O6+. The van der Waals surface area contributed by atoms with Crippen molar-refractivity contribution in [2.24, 2.45) is 20.4 Å². The first kappa shape index (κ1) is 24.7. The van der Waals surface area contributed by atoms with Crippen molar-refractivity contribution < 1.29 is 34.3 Å². The van der Waals surface area contributed by atoms with Gasteiger partial charge in [0, 0.05) is 18.3 Å². The van der Waals surface area contributed by atoms with Crippen LogP contribution in [0.4, 0.5) is 4.79 Å². The molecule has 13 nitrogen and oxygen atoms in total. The van der Waals surface area contributed by atoms with E-state index in [1.807, 2.05) is 0 Å². The number of rotatable bonds is 9. The van der Waals surface area contributed by atoms with Crippen LogP contribution >= 0.6 is 0 Å². The Balaban J connectivity index is 1.90. The number of azo groups is 1. The van der Waals surface area contributed by atoms with E-state index in [9.17, 15) is 19.5 Å². The van der Waals surface area contributed by atoms with Crippen LogP contribution in [0.5, 0.6) is 0 Å². The van der Waals surface area contributed by atoms with E-state index in [2.05, 4.69) is 20.4 Å². The predicted molar refractivity (Wildman–Crippen MR) is 120 cm³/mol. The second-order valence-corrected chi connectivity index (χ2v) is 7.11. The minimum Gasteiger partial charge on any atom is -0.481 e. The molecule has 180 valence electrons. The van der Waals surface area contributed by atoms with E-state index in [1.54, 1.807) is 59.3 Å². The number of benzene rings is 1. The summed E-state index contributed by atoms with van der Waals surface area (Å²) in [6.45, 7) is -0.0976. The van der Waals surface area contributed by atoms with Crippen LogP contribution in [-0.2, 0) is 16.1 Å². The third-order valence-electron chi connectivity index (χ3n) is 4.71. The molecule has 13 heteroatoms. The van der Waals surface area contributed by atoms with Crippen molar-refractivity contribution >= 4 is 23.9 Å². The molecule has 2 heterocycles. The highest BCUT2D eigenvalue weighted by Gasteiger charge is 2.26. The zero-order chi connectivity index (χ0) is 25.2. The van der Waals surface area contributed by atoms with E-state index >= 15 is 0 Å². The van der Waals surface area contributed by atoms with Gasteiger partial charge in [-0.25, -0.2) is 9.36 Å². The lowest BCUT2D eigenvalue weighted by molar-refractivity contribution is -0.707. The highest BCUT2D eigenvalue weighted by Crippen LogP contribution is 2.06. The van der Waals surface area contributed by atoms with Gasteiger partial charge in [-0.1, -0.05) is 36.4 Å². The van der Waals surface area contributed by atoms with E-state index in [0.29, 0.717) is 11.1 Å². The molecule has 0 aliphatic rings. The summed E-state index contributed by atoms with van der Waals surface area (Å²) in [5.74, 6) is -2.06. The first-order valence-electron chi connectivity index (χ1n) is 10.3. The standard InChI is InChI=1S/C22H21N7O6/c30-19(31)9-11-27-10-5-4-8-18(27)24-26-20(16-6-2-1-3-7-16)25-23-14-17(21(32)33)28-12-13-29(15-28)22(34)35/h1-8,10,12-13,15,17H,9,11,14H2,(H2-,30,31,32,33,34,35)/p+1. The Kier molecular flexibility index (Phi) is 8.32. The fraction of sp³-hybridized carbons (Fsp3) is 0.182. The average Bonchev–Trinajstić information content (AvgIpc) is 3.33. The molecular weight excluding hydrogens is 458 g/mol. The van der Waals surface area contributed by atoms with Crippen molar-refractivity contribution in [1.29, 1.82) is 0 Å². The highest BCUT2D eigenvalue weighted by molar-refractivity contribution is 5.98. The number of imidazole rings is 1. The fourth-order valence-electron chi connectivity index (χ4n) is 2.94. The molecule has 3 N–H and O–H groups in total. The third-order valence-corrected chi connectivity index (χ3v) is 4.71. The van der Waals surface area contributed by atoms with Crippen molar-refractivity contribution in [1.82, 2.24) is 9.13 Å². The Bertz CT molecular complexity index is 1330. The summed E-state index contributed by atoms with van der Waals surface area (Å²) in [5.41, 5.74) is 0.968. The number of aliphatic carboxylic acids is 2. The van der Waals surface area contributed by atoms with Gasteiger partial charge in [0.25, 0.3) is 6.33 Å². The van der Waals surface area contributed by atoms with Crippen LogP contribution < -0.4 is 10.1 Å². The van der Waals surface area contributed by atoms with Crippen molar-refractivity contribution in [2.75, 3.05) is 6.54 Å². The van der Waals surface area contributed by atoms with Gasteiger partial charge in [-0.15, -0.1) is 19.9 Å². The maximum absolute atomic E-state index is 11.7. The van der Waals surface area contributed by atoms with E-state index in [1.165, 1.54) is 17.0 Å². The van der Waals surface area contributed by atoms with Gasteiger partial charge in [0.05, 0.1) is 6.42 Å². The van der Waals surface area contributed by atoms with Crippen molar-refractivity contribution in [3.05, 3.63) is 84.5 Å². The lowest BCUT2D eigenvalue weighted by atomic mass is 10.2. The number of carbonyl (C=O) groups is 3. The number of hydrogen-bond donors (Lipinski definition) is 3. The minimum atomic E-state index is -1.25. The second kappa shape index (κ2) is 11.8. The maximum atomic E-state index is 11.7. The normalized spacial score (nSPS) is 13.1. The molecule has 0 saturated heterocycles. The Morgan fingerprint density at radius 2 is 1.71 bits per heavy atom. The molecule has 1 atom stereocenters. The Labute approximate surface area is 198 Å². The molecule has 0 bridgehead atoms. The number of hydrogen-bond acceptors (Lipinski definition) is 6. The molecule has 2 aromatic heterocycles. The summed E-state index contributed by atoms with van der Waals surface area (Å²) in [6.07, 6.45) is 3.99. The summed E-state index contributed by atoms with van der Waals surface area (Å²) in [6, 6.07) is 12.7. The van der Waals surface area contributed by atoms with Gasteiger partial charge in [-0.2, -0.15) is 9.91 Å². The zero-order valence-corrected chi connectivity index (χ0v) is 18.3. The maximum Gasteiger partial charge on any atom is 0.509 e. The van der Waals surface area contributed by atoms with Gasteiger partial charge in [-0.05, 0) is 12.1 Å². The Morgan fingerprint density at radius 1 is 0.971 bits per heavy atom. The van der Waals surface area contributed by atoms with Gasteiger partial charge >= 0.3 is 18.0 Å². The Hall–Kier alpha value is -4.94. The first-order chi connectivity index (χ1) is 16.8. The van der Waals surface area contributed by atoms with Crippen molar-refractivity contribution in [3.63, 3.8) is 0 Å². The van der Waals surface area contributed by atoms with Crippen LogP contribution in [0.25, 0.3) is 0 Å². The van der Waals surface area contributed by atoms with Gasteiger partial charge in [0.1, 0.15) is 18.9 Å². The summed E-state index contributed by atoms with van der Waals surface area (Å²) < 4.78 is 3.65. The first-order valence-corrected chi connectivity index (χ1v) is 10.3. The number of pyridine rings is 1. The molecule has 1 aromatic carbocycles. The average molecular weight is 480 g/mol. The van der Waals surface area contributed by atoms with Crippen LogP contribution in [0.3, 0.4) is 0 Å². The van der Waals surface area contributed by atoms with Gasteiger partial charge in [0.2, 0.25) is 11.9 Å².